The molecule has 0 aliphatic carbocycles. The van der Waals surface area contributed by atoms with Crippen molar-refractivity contribution in [2.24, 2.45) is 0 Å². The number of aliphatic hydroxyl groups excluding tert-OH is 1. The molecule has 0 radical (unpaired) electrons. The summed E-state index contributed by atoms with van der Waals surface area (Å²) in [5.41, 5.74) is 0. The summed E-state index contributed by atoms with van der Waals surface area (Å²) in [6.45, 7) is 3.19. The molecule has 3 nitrogen and oxygen atoms in total. The first-order valence-corrected chi connectivity index (χ1v) is 6.54. The summed E-state index contributed by atoms with van der Waals surface area (Å²) >= 11 is 0. The molecule has 0 bridgehead atoms. The normalized spacial score (nSPS) is 11.9. The van der Waals surface area contributed by atoms with Gasteiger partial charge in [-0.05, 0) is 19.3 Å². The minimum Gasteiger partial charge on any atom is -0.380 e. The Labute approximate surface area is 106 Å². The van der Waals surface area contributed by atoms with Gasteiger partial charge in [-0.1, -0.05) is 32.1 Å². The summed E-state index contributed by atoms with van der Waals surface area (Å²) in [5.74, 6) is 5.85. The van der Waals surface area contributed by atoms with Gasteiger partial charge in [-0.25, -0.2) is 0 Å². The molecule has 0 saturated heterocycles. The van der Waals surface area contributed by atoms with Gasteiger partial charge >= 0.3 is 0 Å². The minimum absolute atomic E-state index is 0.341. The van der Waals surface area contributed by atoms with Gasteiger partial charge in [0, 0.05) is 13.5 Å². The van der Waals surface area contributed by atoms with Gasteiger partial charge in [-0.3, -0.25) is 0 Å². The monoisotopic (exact) mass is 242 g/mol. The zero-order chi connectivity index (χ0) is 12.8. The summed E-state index contributed by atoms with van der Waals surface area (Å²) in [6.07, 6.45) is 6.75. The second-order valence-corrected chi connectivity index (χ2v) is 4.10. The van der Waals surface area contributed by atoms with E-state index in [9.17, 15) is 5.11 Å². The lowest BCUT2D eigenvalue weighted by Crippen LogP contribution is -2.02. The third kappa shape index (κ3) is 13.4. The molecular weight excluding hydrogens is 216 g/mol. The van der Waals surface area contributed by atoms with Crippen molar-refractivity contribution in [1.82, 2.24) is 0 Å². The maximum atomic E-state index is 9.56. The molecule has 3 heteroatoms. The van der Waals surface area contributed by atoms with Crippen LogP contribution in [0.5, 0.6) is 0 Å². The van der Waals surface area contributed by atoms with E-state index >= 15 is 0 Å². The Morgan fingerprint density at radius 1 is 1.18 bits per heavy atom. The molecule has 0 spiro atoms. The van der Waals surface area contributed by atoms with E-state index < -0.39 is 6.10 Å². The Balaban J connectivity index is 3.31. The highest BCUT2D eigenvalue weighted by atomic mass is 16.7. The van der Waals surface area contributed by atoms with Crippen LogP contribution >= 0.6 is 0 Å². The van der Waals surface area contributed by atoms with E-state index in [1.54, 1.807) is 7.11 Å². The van der Waals surface area contributed by atoms with Crippen molar-refractivity contribution in [3.8, 4) is 11.8 Å². The van der Waals surface area contributed by atoms with Crippen LogP contribution in [0.3, 0.4) is 0 Å². The molecule has 0 saturated carbocycles. The maximum absolute atomic E-state index is 9.56. The fraction of sp³-hybridized carbons (Fsp3) is 0.857. The molecule has 0 fully saturated rings. The predicted octanol–water partition coefficient (Wildman–Crippen LogP) is 2.72. The maximum Gasteiger partial charge on any atom is 0.146 e. The van der Waals surface area contributed by atoms with E-state index in [0.29, 0.717) is 13.4 Å². The summed E-state index contributed by atoms with van der Waals surface area (Å²) in [5, 5.41) is 9.56. The molecule has 0 aliphatic rings. The highest BCUT2D eigenvalue weighted by Gasteiger charge is 1.97. The zero-order valence-corrected chi connectivity index (χ0v) is 11.2. The predicted molar refractivity (Wildman–Crippen MR) is 69.6 cm³/mol. The summed E-state index contributed by atoms with van der Waals surface area (Å²) in [4.78, 5) is 0. The second-order valence-electron chi connectivity index (χ2n) is 4.10. The van der Waals surface area contributed by atoms with Crippen LogP contribution in [0.4, 0.5) is 0 Å². The van der Waals surface area contributed by atoms with E-state index in [0.717, 1.165) is 25.7 Å². The van der Waals surface area contributed by atoms with Gasteiger partial charge in [0.05, 0.1) is 6.61 Å². The Morgan fingerprint density at radius 3 is 2.71 bits per heavy atom. The molecule has 0 aromatic heterocycles. The van der Waals surface area contributed by atoms with Crippen LogP contribution in [0.25, 0.3) is 0 Å². The van der Waals surface area contributed by atoms with Crippen LogP contribution in [0.1, 0.15) is 51.9 Å². The standard InChI is InChI=1S/C14H26O3/c1-3-4-5-7-10-14(15)11-8-6-9-12-17-13-16-2/h14-15H,3-7,9-10,12-13H2,1-2H3/t14-/m1/s1. The summed E-state index contributed by atoms with van der Waals surface area (Å²) in [6, 6.07) is 0. The SMILES string of the molecule is CCCCCC[C@@H](O)C#CCCCOCOC. The third-order valence-electron chi connectivity index (χ3n) is 2.39. The van der Waals surface area contributed by atoms with Crippen molar-refractivity contribution in [2.45, 2.75) is 58.0 Å². The van der Waals surface area contributed by atoms with Gasteiger partial charge in [0.2, 0.25) is 0 Å². The van der Waals surface area contributed by atoms with E-state index in [4.69, 9.17) is 9.47 Å². The first-order chi connectivity index (χ1) is 8.31. The molecule has 1 atom stereocenters. The third-order valence-corrected chi connectivity index (χ3v) is 2.39. The van der Waals surface area contributed by atoms with Crippen LogP contribution in [0.15, 0.2) is 0 Å². The molecule has 0 unspecified atom stereocenters. The fourth-order valence-corrected chi connectivity index (χ4v) is 1.43. The highest BCUT2D eigenvalue weighted by Crippen LogP contribution is 2.04. The minimum atomic E-state index is -0.452. The molecule has 0 aliphatic heterocycles. The van der Waals surface area contributed by atoms with Crippen LogP contribution in [0.2, 0.25) is 0 Å². The highest BCUT2D eigenvalue weighted by molar-refractivity contribution is 5.04. The van der Waals surface area contributed by atoms with Gasteiger partial charge in [-0.15, -0.1) is 5.92 Å². The van der Waals surface area contributed by atoms with Gasteiger partial charge in [0.25, 0.3) is 0 Å². The fourth-order valence-electron chi connectivity index (χ4n) is 1.43. The van der Waals surface area contributed by atoms with Gasteiger partial charge in [-0.2, -0.15) is 0 Å². The number of hydrogen-bond acceptors (Lipinski definition) is 3. The summed E-state index contributed by atoms with van der Waals surface area (Å²) in [7, 11) is 1.61. The zero-order valence-electron chi connectivity index (χ0n) is 11.2. The smallest absolute Gasteiger partial charge is 0.146 e. The number of ether oxygens (including phenoxy) is 2. The lowest BCUT2D eigenvalue weighted by Gasteiger charge is -2.02. The average molecular weight is 242 g/mol. The van der Waals surface area contributed by atoms with Crippen molar-refractivity contribution >= 4 is 0 Å². The Morgan fingerprint density at radius 2 is 2.00 bits per heavy atom. The van der Waals surface area contributed by atoms with Gasteiger partial charge in [0.1, 0.15) is 12.9 Å². The molecular formula is C14H26O3. The molecule has 1 N–H and O–H groups in total. The van der Waals surface area contributed by atoms with Gasteiger partial charge < -0.3 is 14.6 Å². The Hall–Kier alpha value is -0.560. The lowest BCUT2D eigenvalue weighted by atomic mass is 10.1. The molecule has 0 rings (SSSR count). The van der Waals surface area contributed by atoms with Crippen molar-refractivity contribution in [2.75, 3.05) is 20.5 Å². The average Bonchev–Trinajstić information content (AvgIpc) is 2.33. The molecule has 0 aromatic carbocycles. The van der Waals surface area contributed by atoms with Crippen molar-refractivity contribution in [3.05, 3.63) is 0 Å². The number of aliphatic hydroxyl groups is 1. The first-order valence-electron chi connectivity index (χ1n) is 6.54. The number of rotatable bonds is 10. The van der Waals surface area contributed by atoms with Crippen molar-refractivity contribution < 1.29 is 14.6 Å². The lowest BCUT2D eigenvalue weighted by molar-refractivity contribution is -0.0307. The second kappa shape index (κ2) is 13.5. The number of unbranched alkanes of at least 4 members (excludes halogenated alkanes) is 4. The van der Waals surface area contributed by atoms with Crippen LogP contribution < -0.4 is 0 Å². The number of methoxy groups -OCH3 is 1. The molecule has 100 valence electrons. The van der Waals surface area contributed by atoms with E-state index in [1.165, 1.54) is 19.3 Å². The van der Waals surface area contributed by atoms with E-state index in [2.05, 4.69) is 18.8 Å². The van der Waals surface area contributed by atoms with Crippen LogP contribution in [-0.4, -0.2) is 31.7 Å². The molecule has 0 heterocycles. The van der Waals surface area contributed by atoms with E-state index in [-0.39, 0.29) is 0 Å². The first kappa shape index (κ1) is 16.4. The summed E-state index contributed by atoms with van der Waals surface area (Å²) < 4.78 is 9.88. The molecule has 0 aromatic rings. The van der Waals surface area contributed by atoms with Crippen LogP contribution in [0, 0.1) is 11.8 Å². The molecule has 17 heavy (non-hydrogen) atoms. The van der Waals surface area contributed by atoms with Gasteiger partial charge in [0.15, 0.2) is 0 Å². The van der Waals surface area contributed by atoms with E-state index in [1.807, 2.05) is 0 Å². The van der Waals surface area contributed by atoms with Crippen molar-refractivity contribution in [3.63, 3.8) is 0 Å². The largest absolute Gasteiger partial charge is 0.380 e. The quantitative estimate of drug-likeness (QED) is 0.364. The Bertz CT molecular complexity index is 205. The van der Waals surface area contributed by atoms with Crippen LogP contribution in [-0.2, 0) is 9.47 Å². The number of hydrogen-bond donors (Lipinski definition) is 1. The Kier molecular flexibility index (Phi) is 13.1. The van der Waals surface area contributed by atoms with Crippen molar-refractivity contribution in [1.29, 1.82) is 0 Å². The molecule has 0 amide bonds. The topological polar surface area (TPSA) is 38.7 Å².